The summed E-state index contributed by atoms with van der Waals surface area (Å²) in [6.45, 7) is 9.53. The second kappa shape index (κ2) is 7.68. The van der Waals surface area contributed by atoms with Gasteiger partial charge < -0.3 is 14.3 Å². The lowest BCUT2D eigenvalue weighted by Crippen LogP contribution is -2.42. The molecule has 2 aliphatic rings. The Bertz CT molecular complexity index is 547. The van der Waals surface area contributed by atoms with Crippen molar-refractivity contribution in [2.45, 2.75) is 71.4 Å². The molecule has 5 heteroatoms. The van der Waals surface area contributed by atoms with Crippen LogP contribution in [0.4, 0.5) is 0 Å². The van der Waals surface area contributed by atoms with Crippen LogP contribution in [0.25, 0.3) is 0 Å². The largest absolute Gasteiger partial charge is 0.361 e. The van der Waals surface area contributed by atoms with Crippen molar-refractivity contribution in [3.63, 3.8) is 0 Å². The van der Waals surface area contributed by atoms with Gasteiger partial charge in [0.15, 0.2) is 0 Å². The molecule has 0 bridgehead atoms. The molecule has 2 fully saturated rings. The van der Waals surface area contributed by atoms with Gasteiger partial charge >= 0.3 is 0 Å². The van der Waals surface area contributed by atoms with Gasteiger partial charge in [0.2, 0.25) is 5.91 Å². The third-order valence-electron chi connectivity index (χ3n) is 5.65. The number of aromatic nitrogens is 1. The van der Waals surface area contributed by atoms with Crippen LogP contribution in [0.5, 0.6) is 0 Å². The molecular formula is C19H31N3O2. The molecule has 134 valence electrons. The van der Waals surface area contributed by atoms with Crippen LogP contribution in [-0.4, -0.2) is 46.5 Å². The number of aryl methyl sites for hydroxylation is 1. The molecule has 0 saturated carbocycles. The van der Waals surface area contributed by atoms with Gasteiger partial charge in [0.1, 0.15) is 11.5 Å². The molecule has 1 aromatic heterocycles. The number of piperidine rings is 2. The number of amides is 1. The first-order valence-electron chi connectivity index (χ1n) is 9.51. The first kappa shape index (κ1) is 17.5. The van der Waals surface area contributed by atoms with E-state index < -0.39 is 0 Å². The van der Waals surface area contributed by atoms with Crippen molar-refractivity contribution in [2.24, 2.45) is 5.92 Å². The molecular weight excluding hydrogens is 302 g/mol. The topological polar surface area (TPSA) is 49.6 Å². The van der Waals surface area contributed by atoms with Gasteiger partial charge in [0, 0.05) is 25.1 Å². The Morgan fingerprint density at radius 3 is 2.62 bits per heavy atom. The highest BCUT2D eigenvalue weighted by Gasteiger charge is 2.32. The maximum absolute atomic E-state index is 12.9. The van der Waals surface area contributed by atoms with Gasteiger partial charge in [-0.1, -0.05) is 5.16 Å². The number of carbonyl (C=O) groups excluding carboxylic acids is 1. The normalized spacial score (nSPS) is 23.8. The van der Waals surface area contributed by atoms with E-state index in [1.165, 1.54) is 0 Å². The van der Waals surface area contributed by atoms with Crippen LogP contribution < -0.4 is 0 Å². The van der Waals surface area contributed by atoms with Crippen molar-refractivity contribution < 1.29 is 9.32 Å². The van der Waals surface area contributed by atoms with Gasteiger partial charge in [0.25, 0.3) is 0 Å². The fourth-order valence-electron chi connectivity index (χ4n) is 4.12. The Morgan fingerprint density at radius 1 is 1.25 bits per heavy atom. The second-order valence-corrected chi connectivity index (χ2v) is 7.74. The zero-order valence-electron chi connectivity index (χ0n) is 15.3. The highest BCUT2D eigenvalue weighted by atomic mass is 16.5. The summed E-state index contributed by atoms with van der Waals surface area (Å²) in [6.07, 6.45) is 6.25. The van der Waals surface area contributed by atoms with Gasteiger partial charge in [-0.15, -0.1) is 0 Å². The summed E-state index contributed by atoms with van der Waals surface area (Å²) in [4.78, 5) is 17.5. The Labute approximate surface area is 145 Å². The fraction of sp³-hybridized carbons (Fsp3) is 0.789. The van der Waals surface area contributed by atoms with Crippen LogP contribution in [0.3, 0.4) is 0 Å². The van der Waals surface area contributed by atoms with Gasteiger partial charge in [0.05, 0.1) is 6.04 Å². The Hall–Kier alpha value is -1.36. The Morgan fingerprint density at radius 2 is 2.00 bits per heavy atom. The summed E-state index contributed by atoms with van der Waals surface area (Å²) in [5.41, 5.74) is 0.926. The highest BCUT2D eigenvalue weighted by molar-refractivity contribution is 5.77. The maximum atomic E-state index is 12.9. The molecule has 0 N–H and O–H groups in total. The van der Waals surface area contributed by atoms with E-state index >= 15 is 0 Å². The first-order valence-corrected chi connectivity index (χ1v) is 9.51. The smallest absolute Gasteiger partial charge is 0.223 e. The third kappa shape index (κ3) is 4.00. The summed E-state index contributed by atoms with van der Waals surface area (Å²) in [7, 11) is 0. The lowest BCUT2D eigenvalue weighted by molar-refractivity contribution is -0.136. The van der Waals surface area contributed by atoms with E-state index in [0.717, 1.165) is 63.2 Å². The molecule has 24 heavy (non-hydrogen) atoms. The molecule has 0 aliphatic carbocycles. The number of hydrogen-bond acceptors (Lipinski definition) is 4. The van der Waals surface area contributed by atoms with Crippen LogP contribution in [0.15, 0.2) is 10.6 Å². The summed E-state index contributed by atoms with van der Waals surface area (Å²) >= 11 is 0. The highest BCUT2D eigenvalue weighted by Crippen LogP contribution is 2.32. The van der Waals surface area contributed by atoms with Crippen molar-refractivity contribution >= 4 is 5.91 Å². The number of carbonyl (C=O) groups is 1. The molecule has 0 radical (unpaired) electrons. The molecule has 5 nitrogen and oxygen atoms in total. The third-order valence-corrected chi connectivity index (χ3v) is 5.65. The van der Waals surface area contributed by atoms with Crippen LogP contribution in [0.2, 0.25) is 0 Å². The van der Waals surface area contributed by atoms with Gasteiger partial charge in [-0.05, 0) is 71.9 Å². The van der Waals surface area contributed by atoms with E-state index in [4.69, 9.17) is 4.52 Å². The monoisotopic (exact) mass is 333 g/mol. The average molecular weight is 333 g/mol. The van der Waals surface area contributed by atoms with E-state index in [1.54, 1.807) is 0 Å². The average Bonchev–Trinajstić information content (AvgIpc) is 3.01. The van der Waals surface area contributed by atoms with Gasteiger partial charge in [-0.2, -0.15) is 0 Å². The number of hydrogen-bond donors (Lipinski definition) is 0. The lowest BCUT2D eigenvalue weighted by atomic mass is 9.91. The summed E-state index contributed by atoms with van der Waals surface area (Å²) in [6, 6.07) is 2.71. The molecule has 1 aromatic rings. The summed E-state index contributed by atoms with van der Waals surface area (Å²) in [5, 5.41) is 4.17. The molecule has 3 heterocycles. The summed E-state index contributed by atoms with van der Waals surface area (Å²) < 4.78 is 5.24. The zero-order chi connectivity index (χ0) is 17.1. The zero-order valence-corrected chi connectivity index (χ0v) is 15.3. The van der Waals surface area contributed by atoms with Crippen molar-refractivity contribution in [3.05, 3.63) is 17.5 Å². The molecule has 1 unspecified atom stereocenters. The molecule has 1 atom stereocenters. The standard InChI is InChI=1S/C19H31N3O2/c1-14(2)21-10-7-16(8-11-21)13-19(23)22-9-5-4-6-18(22)17-12-15(3)24-20-17/h12,14,16,18H,4-11,13H2,1-3H3. The number of nitrogens with zero attached hydrogens (tertiary/aromatic N) is 3. The Kier molecular flexibility index (Phi) is 5.59. The van der Waals surface area contributed by atoms with E-state index in [-0.39, 0.29) is 6.04 Å². The first-order chi connectivity index (χ1) is 11.5. The molecule has 0 spiro atoms. The molecule has 0 aromatic carbocycles. The minimum atomic E-state index is 0.111. The van der Waals surface area contributed by atoms with E-state index in [2.05, 4.69) is 28.8 Å². The van der Waals surface area contributed by atoms with Gasteiger partial charge in [-0.25, -0.2) is 0 Å². The predicted octanol–water partition coefficient (Wildman–Crippen LogP) is 3.55. The number of likely N-dealkylation sites (tertiary alicyclic amines) is 2. The molecule has 3 rings (SSSR count). The quantitative estimate of drug-likeness (QED) is 0.845. The van der Waals surface area contributed by atoms with Crippen molar-refractivity contribution in [1.82, 2.24) is 15.0 Å². The van der Waals surface area contributed by atoms with Gasteiger partial charge in [-0.3, -0.25) is 4.79 Å². The SMILES string of the molecule is Cc1cc(C2CCCCN2C(=O)CC2CCN(C(C)C)CC2)no1. The van der Waals surface area contributed by atoms with Crippen LogP contribution in [-0.2, 0) is 4.79 Å². The fourth-order valence-corrected chi connectivity index (χ4v) is 4.12. The second-order valence-electron chi connectivity index (χ2n) is 7.74. The van der Waals surface area contributed by atoms with E-state index in [9.17, 15) is 4.79 Å². The van der Waals surface area contributed by atoms with Crippen LogP contribution in [0, 0.1) is 12.8 Å². The maximum Gasteiger partial charge on any atom is 0.223 e. The van der Waals surface area contributed by atoms with E-state index in [1.807, 2.05) is 13.0 Å². The van der Waals surface area contributed by atoms with Crippen molar-refractivity contribution in [3.8, 4) is 0 Å². The predicted molar refractivity (Wildman–Crippen MR) is 93.6 cm³/mol. The number of rotatable bonds is 4. The minimum absolute atomic E-state index is 0.111. The van der Waals surface area contributed by atoms with Crippen molar-refractivity contribution in [2.75, 3.05) is 19.6 Å². The Balaban J connectivity index is 1.59. The molecule has 1 amide bonds. The van der Waals surface area contributed by atoms with Crippen molar-refractivity contribution in [1.29, 1.82) is 0 Å². The lowest BCUT2D eigenvalue weighted by Gasteiger charge is -2.38. The van der Waals surface area contributed by atoms with Crippen LogP contribution >= 0.6 is 0 Å². The summed E-state index contributed by atoms with van der Waals surface area (Å²) in [5.74, 6) is 1.67. The molecule has 2 saturated heterocycles. The minimum Gasteiger partial charge on any atom is -0.361 e. The van der Waals surface area contributed by atoms with Crippen LogP contribution in [0.1, 0.15) is 69.9 Å². The molecule has 2 aliphatic heterocycles. The van der Waals surface area contributed by atoms with E-state index in [0.29, 0.717) is 24.3 Å².